The molecule has 6 heteroatoms. The van der Waals surface area contributed by atoms with Gasteiger partial charge in [-0.05, 0) is 13.3 Å². The lowest BCUT2D eigenvalue weighted by Gasteiger charge is -2.15. The van der Waals surface area contributed by atoms with E-state index >= 15 is 0 Å². The lowest BCUT2D eigenvalue weighted by Crippen LogP contribution is -2.34. The molecule has 1 amide bonds. The first kappa shape index (κ1) is 15.6. The van der Waals surface area contributed by atoms with Crippen LogP contribution in [0.25, 0.3) is 0 Å². The molecule has 96 valence electrons. The van der Waals surface area contributed by atoms with E-state index < -0.39 is 0 Å². The summed E-state index contributed by atoms with van der Waals surface area (Å²) in [5.41, 5.74) is 5.70. The number of amides is 1. The molecule has 1 heterocycles. The first-order chi connectivity index (χ1) is 7.24. The van der Waals surface area contributed by atoms with Crippen LogP contribution in [0.1, 0.15) is 13.3 Å². The number of nitrogens with zero attached hydrogens (tertiary/aromatic N) is 1. The highest BCUT2D eigenvalue weighted by Crippen LogP contribution is 2.06. The van der Waals surface area contributed by atoms with Gasteiger partial charge in [0.15, 0.2) is 0 Å². The van der Waals surface area contributed by atoms with Crippen molar-refractivity contribution < 1.29 is 14.3 Å². The number of likely N-dealkylation sites (tertiary alicyclic amines) is 1. The average Bonchev–Trinajstić information content (AvgIpc) is 2.64. The lowest BCUT2D eigenvalue weighted by molar-refractivity contribution is -0.135. The summed E-state index contributed by atoms with van der Waals surface area (Å²) in [5, 5.41) is 0. The molecule has 1 saturated heterocycles. The molecule has 0 saturated carbocycles. The van der Waals surface area contributed by atoms with Gasteiger partial charge in [-0.3, -0.25) is 4.79 Å². The molecule has 1 aliphatic heterocycles. The second-order valence-electron chi connectivity index (χ2n) is 3.64. The van der Waals surface area contributed by atoms with Crippen LogP contribution in [0.5, 0.6) is 0 Å². The summed E-state index contributed by atoms with van der Waals surface area (Å²) in [5.74, 6) is 0.0273. The zero-order valence-electron chi connectivity index (χ0n) is 9.68. The van der Waals surface area contributed by atoms with E-state index in [0.29, 0.717) is 26.4 Å². The van der Waals surface area contributed by atoms with Crippen LogP contribution in [0, 0.1) is 0 Å². The molecule has 0 aromatic rings. The highest BCUT2D eigenvalue weighted by molar-refractivity contribution is 5.85. The number of ether oxygens (including phenoxy) is 2. The Kier molecular flexibility index (Phi) is 8.56. The Morgan fingerprint density at radius 3 is 2.69 bits per heavy atom. The zero-order valence-corrected chi connectivity index (χ0v) is 10.5. The Labute approximate surface area is 103 Å². The van der Waals surface area contributed by atoms with E-state index in [9.17, 15) is 4.79 Å². The molecule has 0 radical (unpaired) electrons. The van der Waals surface area contributed by atoms with E-state index in [2.05, 4.69) is 0 Å². The first-order valence-electron chi connectivity index (χ1n) is 5.43. The summed E-state index contributed by atoms with van der Waals surface area (Å²) >= 11 is 0. The minimum absolute atomic E-state index is 0. The molecule has 1 aliphatic rings. The van der Waals surface area contributed by atoms with Crippen LogP contribution in [0.3, 0.4) is 0 Å². The fraction of sp³-hybridized carbons (Fsp3) is 0.900. The molecule has 1 unspecified atom stereocenters. The van der Waals surface area contributed by atoms with Crippen LogP contribution in [0.15, 0.2) is 0 Å². The number of hydrogen-bond donors (Lipinski definition) is 1. The maximum atomic E-state index is 11.5. The number of carbonyl (C=O) groups is 1. The van der Waals surface area contributed by atoms with Crippen molar-refractivity contribution in [3.8, 4) is 0 Å². The van der Waals surface area contributed by atoms with Gasteiger partial charge in [-0.15, -0.1) is 12.4 Å². The minimum Gasteiger partial charge on any atom is -0.379 e. The number of rotatable bonds is 6. The maximum Gasteiger partial charge on any atom is 0.248 e. The number of carbonyl (C=O) groups excluding carboxylic acids is 1. The van der Waals surface area contributed by atoms with Gasteiger partial charge >= 0.3 is 0 Å². The molecule has 2 N–H and O–H groups in total. The van der Waals surface area contributed by atoms with Gasteiger partial charge in [0.25, 0.3) is 0 Å². The number of hydrogen-bond acceptors (Lipinski definition) is 4. The van der Waals surface area contributed by atoms with Crippen LogP contribution in [-0.4, -0.2) is 56.4 Å². The third-order valence-corrected chi connectivity index (χ3v) is 2.38. The third-order valence-electron chi connectivity index (χ3n) is 2.38. The van der Waals surface area contributed by atoms with Gasteiger partial charge in [0.2, 0.25) is 5.91 Å². The van der Waals surface area contributed by atoms with Gasteiger partial charge in [0, 0.05) is 25.7 Å². The second-order valence-corrected chi connectivity index (χ2v) is 3.64. The molecule has 0 spiro atoms. The fourth-order valence-corrected chi connectivity index (χ4v) is 1.53. The van der Waals surface area contributed by atoms with Gasteiger partial charge in [0.1, 0.15) is 6.61 Å². The Hall–Kier alpha value is -0.360. The predicted octanol–water partition coefficient (Wildman–Crippen LogP) is 0.0209. The molecule has 1 fully saturated rings. The predicted molar refractivity (Wildman–Crippen MR) is 63.7 cm³/mol. The lowest BCUT2D eigenvalue weighted by atomic mass is 10.3. The smallest absolute Gasteiger partial charge is 0.248 e. The van der Waals surface area contributed by atoms with E-state index in [1.54, 1.807) is 4.90 Å². The average molecular weight is 253 g/mol. The molecule has 0 aliphatic carbocycles. The van der Waals surface area contributed by atoms with Gasteiger partial charge in [-0.1, -0.05) is 0 Å². The zero-order chi connectivity index (χ0) is 11.1. The molecule has 0 aromatic carbocycles. The first-order valence-corrected chi connectivity index (χ1v) is 5.43. The maximum absolute atomic E-state index is 11.5. The Bertz CT molecular complexity index is 205. The van der Waals surface area contributed by atoms with E-state index in [1.165, 1.54) is 0 Å². The minimum atomic E-state index is 0. The molecule has 0 aromatic heterocycles. The van der Waals surface area contributed by atoms with Crippen LogP contribution < -0.4 is 5.73 Å². The summed E-state index contributed by atoms with van der Waals surface area (Å²) in [6.45, 7) is 5.18. The van der Waals surface area contributed by atoms with Gasteiger partial charge < -0.3 is 20.1 Å². The number of halogens is 1. The van der Waals surface area contributed by atoms with Crippen molar-refractivity contribution in [3.63, 3.8) is 0 Å². The Morgan fingerprint density at radius 2 is 2.12 bits per heavy atom. The van der Waals surface area contributed by atoms with Crippen molar-refractivity contribution in [3.05, 3.63) is 0 Å². The largest absolute Gasteiger partial charge is 0.379 e. The summed E-state index contributed by atoms with van der Waals surface area (Å²) in [6, 6.07) is 0.136. The monoisotopic (exact) mass is 252 g/mol. The van der Waals surface area contributed by atoms with Crippen LogP contribution in [0.4, 0.5) is 0 Å². The van der Waals surface area contributed by atoms with Gasteiger partial charge in [-0.2, -0.15) is 0 Å². The molecule has 16 heavy (non-hydrogen) atoms. The highest BCUT2D eigenvalue weighted by Gasteiger charge is 2.23. The Balaban J connectivity index is 0.00000225. The van der Waals surface area contributed by atoms with E-state index in [4.69, 9.17) is 15.2 Å². The number of nitrogens with two attached hydrogens (primary N) is 1. The quantitative estimate of drug-likeness (QED) is 0.677. The summed E-state index contributed by atoms with van der Waals surface area (Å²) in [6.07, 6.45) is 0.894. The third kappa shape index (κ3) is 5.65. The normalized spacial score (nSPS) is 19.6. The van der Waals surface area contributed by atoms with Crippen molar-refractivity contribution in [2.45, 2.75) is 19.4 Å². The van der Waals surface area contributed by atoms with Crippen molar-refractivity contribution in [2.24, 2.45) is 5.73 Å². The van der Waals surface area contributed by atoms with Gasteiger partial charge in [0.05, 0.1) is 13.2 Å². The van der Waals surface area contributed by atoms with Crippen molar-refractivity contribution >= 4 is 18.3 Å². The highest BCUT2D eigenvalue weighted by atomic mass is 35.5. The molecule has 5 nitrogen and oxygen atoms in total. The second kappa shape index (κ2) is 8.75. The fourth-order valence-electron chi connectivity index (χ4n) is 1.53. The molecule has 1 rings (SSSR count). The summed E-state index contributed by atoms with van der Waals surface area (Å²) in [7, 11) is 0. The topological polar surface area (TPSA) is 64.8 Å². The summed E-state index contributed by atoms with van der Waals surface area (Å²) in [4.78, 5) is 13.3. The summed E-state index contributed by atoms with van der Waals surface area (Å²) < 4.78 is 10.3. The molecule has 0 bridgehead atoms. The van der Waals surface area contributed by atoms with E-state index in [0.717, 1.165) is 13.0 Å². The van der Waals surface area contributed by atoms with Gasteiger partial charge in [-0.25, -0.2) is 0 Å². The van der Waals surface area contributed by atoms with Crippen molar-refractivity contribution in [1.29, 1.82) is 0 Å². The molecular formula is C10H21ClN2O3. The standard InChI is InChI=1S/C10H20N2O3.ClH/c1-2-14-5-6-15-8-10(13)12-4-3-9(11)7-12;/h9H,2-8,11H2,1H3;1H. The van der Waals surface area contributed by atoms with Crippen LogP contribution in [0.2, 0.25) is 0 Å². The molecule has 1 atom stereocenters. The SMILES string of the molecule is CCOCCOCC(=O)N1CCC(N)C1.Cl. The van der Waals surface area contributed by atoms with Crippen LogP contribution >= 0.6 is 12.4 Å². The van der Waals surface area contributed by atoms with E-state index in [1.807, 2.05) is 6.92 Å². The van der Waals surface area contributed by atoms with Crippen molar-refractivity contribution in [2.75, 3.05) is 39.5 Å². The van der Waals surface area contributed by atoms with Crippen LogP contribution in [-0.2, 0) is 14.3 Å². The van der Waals surface area contributed by atoms with Crippen molar-refractivity contribution in [1.82, 2.24) is 4.90 Å². The van der Waals surface area contributed by atoms with E-state index in [-0.39, 0.29) is 31.0 Å². The molecular weight excluding hydrogens is 232 g/mol. The Morgan fingerprint density at radius 1 is 1.44 bits per heavy atom.